The third-order valence-electron chi connectivity index (χ3n) is 1.85. The quantitative estimate of drug-likeness (QED) is 0.575. The van der Waals surface area contributed by atoms with Crippen molar-refractivity contribution in [1.82, 2.24) is 5.32 Å². The summed E-state index contributed by atoms with van der Waals surface area (Å²) in [4.78, 5) is 0. The SMILES string of the molecule is [CH2][C@H]1N[C@H]1c1ccccc1. The Kier molecular flexibility index (Phi) is 1.24. The van der Waals surface area contributed by atoms with E-state index in [9.17, 15) is 0 Å². The molecule has 2 rings (SSSR count). The Morgan fingerprint density at radius 3 is 2.30 bits per heavy atom. The van der Waals surface area contributed by atoms with Gasteiger partial charge in [-0.15, -0.1) is 0 Å². The minimum absolute atomic E-state index is 0.433. The molecule has 0 aromatic heterocycles. The molecular weight excluding hydrogens is 122 g/mol. The average Bonchev–Trinajstić information content (AvgIpc) is 2.69. The van der Waals surface area contributed by atoms with Gasteiger partial charge in [0.15, 0.2) is 0 Å². The summed E-state index contributed by atoms with van der Waals surface area (Å²) in [5.74, 6) is 0. The normalized spacial score (nSPS) is 30.1. The zero-order valence-corrected chi connectivity index (χ0v) is 5.75. The highest BCUT2D eigenvalue weighted by Gasteiger charge is 2.32. The molecule has 0 amide bonds. The lowest BCUT2D eigenvalue weighted by Gasteiger charge is -1.92. The fourth-order valence-corrected chi connectivity index (χ4v) is 1.16. The minimum atomic E-state index is 0.433. The number of benzene rings is 1. The van der Waals surface area contributed by atoms with Crippen molar-refractivity contribution in [2.24, 2.45) is 0 Å². The van der Waals surface area contributed by atoms with Crippen LogP contribution < -0.4 is 5.32 Å². The zero-order valence-electron chi connectivity index (χ0n) is 5.75. The second-order valence-corrected chi connectivity index (χ2v) is 2.66. The van der Waals surface area contributed by atoms with Crippen molar-refractivity contribution in [2.75, 3.05) is 0 Å². The van der Waals surface area contributed by atoms with Gasteiger partial charge in [-0.1, -0.05) is 30.3 Å². The maximum atomic E-state index is 3.90. The van der Waals surface area contributed by atoms with Gasteiger partial charge in [0, 0.05) is 12.1 Å². The molecule has 0 unspecified atom stereocenters. The van der Waals surface area contributed by atoms with E-state index in [1.54, 1.807) is 0 Å². The van der Waals surface area contributed by atoms with Crippen molar-refractivity contribution in [3.63, 3.8) is 0 Å². The Labute approximate surface area is 61.1 Å². The van der Waals surface area contributed by atoms with Gasteiger partial charge < -0.3 is 5.32 Å². The Balaban J connectivity index is 2.20. The first-order valence-electron chi connectivity index (χ1n) is 3.52. The fourth-order valence-electron chi connectivity index (χ4n) is 1.16. The van der Waals surface area contributed by atoms with Crippen LogP contribution in [-0.2, 0) is 0 Å². The molecule has 2 atom stereocenters. The van der Waals surface area contributed by atoms with Gasteiger partial charge in [0.1, 0.15) is 0 Å². The summed E-state index contributed by atoms with van der Waals surface area (Å²) in [6.45, 7) is 3.90. The summed E-state index contributed by atoms with van der Waals surface area (Å²) in [6.07, 6.45) is 0. The van der Waals surface area contributed by atoms with Crippen molar-refractivity contribution in [3.05, 3.63) is 42.8 Å². The first kappa shape index (κ1) is 5.93. The number of nitrogens with one attached hydrogen (secondary N) is 1. The molecule has 51 valence electrons. The summed E-state index contributed by atoms with van der Waals surface area (Å²) < 4.78 is 0. The molecule has 1 heteroatoms. The molecule has 1 aromatic rings. The van der Waals surface area contributed by atoms with Gasteiger partial charge >= 0.3 is 0 Å². The lowest BCUT2D eigenvalue weighted by atomic mass is 10.1. The van der Waals surface area contributed by atoms with Crippen LogP contribution in [-0.4, -0.2) is 6.04 Å². The van der Waals surface area contributed by atoms with Crippen LogP contribution in [0.4, 0.5) is 0 Å². The van der Waals surface area contributed by atoms with Crippen LogP contribution in [0.3, 0.4) is 0 Å². The van der Waals surface area contributed by atoms with Crippen LogP contribution in [0.5, 0.6) is 0 Å². The molecule has 10 heavy (non-hydrogen) atoms. The van der Waals surface area contributed by atoms with E-state index < -0.39 is 0 Å². The van der Waals surface area contributed by atoms with Crippen molar-refractivity contribution in [1.29, 1.82) is 0 Å². The van der Waals surface area contributed by atoms with E-state index >= 15 is 0 Å². The van der Waals surface area contributed by atoms with E-state index in [0.29, 0.717) is 12.1 Å². The Morgan fingerprint density at radius 1 is 1.20 bits per heavy atom. The predicted molar refractivity (Wildman–Crippen MR) is 41.5 cm³/mol. The average molecular weight is 132 g/mol. The number of hydrogen-bond acceptors (Lipinski definition) is 1. The monoisotopic (exact) mass is 132 g/mol. The van der Waals surface area contributed by atoms with Crippen LogP contribution >= 0.6 is 0 Å². The van der Waals surface area contributed by atoms with Gasteiger partial charge in [0.25, 0.3) is 0 Å². The molecule has 1 aromatic carbocycles. The van der Waals surface area contributed by atoms with E-state index in [0.717, 1.165) is 0 Å². The van der Waals surface area contributed by atoms with E-state index in [1.165, 1.54) is 5.56 Å². The van der Waals surface area contributed by atoms with Crippen molar-refractivity contribution in [3.8, 4) is 0 Å². The molecule has 1 N–H and O–H groups in total. The van der Waals surface area contributed by atoms with Crippen LogP contribution in [0.1, 0.15) is 11.6 Å². The van der Waals surface area contributed by atoms with E-state index in [2.05, 4.69) is 36.5 Å². The second kappa shape index (κ2) is 2.10. The third kappa shape index (κ3) is 0.929. The predicted octanol–water partition coefficient (Wildman–Crippen LogP) is 1.53. The van der Waals surface area contributed by atoms with Crippen molar-refractivity contribution >= 4 is 0 Å². The molecular formula is C9H10N. The highest BCUT2D eigenvalue weighted by Crippen LogP contribution is 2.27. The highest BCUT2D eigenvalue weighted by molar-refractivity contribution is 5.26. The largest absolute Gasteiger partial charge is 0.304 e. The van der Waals surface area contributed by atoms with Crippen molar-refractivity contribution < 1.29 is 0 Å². The maximum absolute atomic E-state index is 3.90. The van der Waals surface area contributed by atoms with E-state index in [-0.39, 0.29) is 0 Å². The lowest BCUT2D eigenvalue weighted by molar-refractivity contribution is 1.07. The van der Waals surface area contributed by atoms with Gasteiger partial charge in [-0.05, 0) is 12.5 Å². The number of rotatable bonds is 1. The van der Waals surface area contributed by atoms with Gasteiger partial charge in [-0.25, -0.2) is 0 Å². The van der Waals surface area contributed by atoms with Crippen LogP contribution in [0.25, 0.3) is 0 Å². The van der Waals surface area contributed by atoms with Gasteiger partial charge in [-0.2, -0.15) is 0 Å². The topological polar surface area (TPSA) is 21.9 Å². The van der Waals surface area contributed by atoms with Crippen LogP contribution in [0.15, 0.2) is 30.3 Å². The molecule has 1 aliphatic rings. The standard InChI is InChI=1S/C9H10N/c1-7-9(10-7)8-5-3-2-4-6-8/h2-7,9-10H,1H2/t7-,9-/m1/s1. The summed E-state index contributed by atoms with van der Waals surface area (Å²) in [6, 6.07) is 11.4. The Morgan fingerprint density at radius 2 is 1.80 bits per heavy atom. The summed E-state index contributed by atoms with van der Waals surface area (Å²) in [5, 5.41) is 3.24. The Hall–Kier alpha value is -0.820. The summed E-state index contributed by atoms with van der Waals surface area (Å²) >= 11 is 0. The first-order valence-corrected chi connectivity index (χ1v) is 3.52. The molecule has 1 nitrogen and oxygen atoms in total. The molecule has 0 aliphatic carbocycles. The molecule has 1 aliphatic heterocycles. The number of hydrogen-bond donors (Lipinski definition) is 1. The van der Waals surface area contributed by atoms with Crippen molar-refractivity contribution in [2.45, 2.75) is 12.1 Å². The van der Waals surface area contributed by atoms with Gasteiger partial charge in [-0.3, -0.25) is 0 Å². The molecule has 1 fully saturated rings. The molecule has 0 saturated carbocycles. The highest BCUT2D eigenvalue weighted by atomic mass is 15.1. The third-order valence-corrected chi connectivity index (χ3v) is 1.85. The molecule has 1 heterocycles. The summed E-state index contributed by atoms with van der Waals surface area (Å²) in [5.41, 5.74) is 1.35. The maximum Gasteiger partial charge on any atom is 0.0478 e. The van der Waals surface area contributed by atoms with E-state index in [4.69, 9.17) is 0 Å². The van der Waals surface area contributed by atoms with Gasteiger partial charge in [0.05, 0.1) is 0 Å². The first-order chi connectivity index (χ1) is 4.88. The van der Waals surface area contributed by atoms with Gasteiger partial charge in [0.2, 0.25) is 0 Å². The van der Waals surface area contributed by atoms with E-state index in [1.807, 2.05) is 6.07 Å². The fraction of sp³-hybridized carbons (Fsp3) is 0.222. The minimum Gasteiger partial charge on any atom is -0.304 e. The summed E-state index contributed by atoms with van der Waals surface area (Å²) in [7, 11) is 0. The smallest absolute Gasteiger partial charge is 0.0478 e. The zero-order chi connectivity index (χ0) is 6.97. The van der Waals surface area contributed by atoms with Crippen LogP contribution in [0.2, 0.25) is 0 Å². The molecule has 0 bridgehead atoms. The Bertz CT molecular complexity index is 217. The van der Waals surface area contributed by atoms with Crippen LogP contribution in [0, 0.1) is 6.92 Å². The molecule has 0 spiro atoms. The molecule has 1 saturated heterocycles. The lowest BCUT2D eigenvalue weighted by Crippen LogP contribution is -1.81. The molecule has 1 radical (unpaired) electrons. The second-order valence-electron chi connectivity index (χ2n) is 2.66.